The van der Waals surface area contributed by atoms with E-state index in [1.807, 2.05) is 0 Å². The Balaban J connectivity index is 1.37. The van der Waals surface area contributed by atoms with Crippen LogP contribution in [0.3, 0.4) is 0 Å². The minimum atomic E-state index is 0.318. The number of fused-ring (bicyclic) bond motifs is 5. The SMILES string of the molecule is CCC1C=C(c2ccccc2)C=C(c2ccc3c4c2cccc4c2c4c(c5cc(CI)ccc5n43)CCC=2)C=C1c1ccccc1. The standard InChI is InChI=1S/C44H34IN/c1-2-29-24-32(30-11-5-3-6-12-30)25-33(26-39(29)31-13-7-4-8-14-31)34-20-22-42-43-35(34)15-9-16-36(43)37-17-10-18-38-40-23-28(27-45)19-21-41(40)46(42)44(37)38/h3-9,11-17,19-26,29H,2,10,18,27H2,1H3. The fraction of sp³-hybridized carbons (Fsp3) is 0.136. The van der Waals surface area contributed by atoms with E-state index in [2.05, 4.69) is 167 Å². The Labute approximate surface area is 283 Å². The molecule has 0 saturated heterocycles. The van der Waals surface area contributed by atoms with Gasteiger partial charge in [0.2, 0.25) is 0 Å². The predicted octanol–water partition coefficient (Wildman–Crippen LogP) is 11.4. The fourth-order valence-corrected chi connectivity index (χ4v) is 8.56. The third-order valence-electron chi connectivity index (χ3n) is 10.2. The molecule has 0 fully saturated rings. The Morgan fingerprint density at radius 2 is 1.48 bits per heavy atom. The molecule has 0 amide bonds. The highest BCUT2D eigenvalue weighted by Crippen LogP contribution is 2.42. The summed E-state index contributed by atoms with van der Waals surface area (Å²) in [6, 6.07) is 40.7. The first kappa shape index (κ1) is 27.9. The number of rotatable bonds is 5. The molecule has 1 unspecified atom stereocenters. The molecule has 0 N–H and O–H groups in total. The van der Waals surface area contributed by atoms with Crippen molar-refractivity contribution in [2.75, 3.05) is 0 Å². The van der Waals surface area contributed by atoms with Gasteiger partial charge >= 0.3 is 0 Å². The third-order valence-corrected chi connectivity index (χ3v) is 11.1. The van der Waals surface area contributed by atoms with Crippen molar-refractivity contribution in [3.8, 4) is 0 Å². The Hall–Kier alpha value is -4.41. The molecule has 0 aliphatic heterocycles. The highest BCUT2D eigenvalue weighted by molar-refractivity contribution is 14.1. The van der Waals surface area contributed by atoms with Crippen LogP contribution in [0.15, 0.2) is 127 Å². The monoisotopic (exact) mass is 703 g/mol. The largest absolute Gasteiger partial charge is 0.308 e. The van der Waals surface area contributed by atoms with Crippen molar-refractivity contribution in [2.24, 2.45) is 5.92 Å². The maximum atomic E-state index is 2.57. The summed E-state index contributed by atoms with van der Waals surface area (Å²) in [5.74, 6) is 0.318. The second-order valence-corrected chi connectivity index (χ2v) is 13.5. The van der Waals surface area contributed by atoms with Crippen molar-refractivity contribution in [1.29, 1.82) is 0 Å². The van der Waals surface area contributed by atoms with Gasteiger partial charge in [0.05, 0.1) is 16.6 Å². The third kappa shape index (κ3) is 4.26. The Bertz CT molecular complexity index is 2470. The van der Waals surface area contributed by atoms with E-state index >= 15 is 0 Å². The summed E-state index contributed by atoms with van der Waals surface area (Å²) in [4.78, 5) is 0. The molecule has 0 bridgehead atoms. The molecule has 2 aliphatic carbocycles. The van der Waals surface area contributed by atoms with Gasteiger partial charge in [-0.1, -0.05) is 133 Å². The molecule has 2 aromatic heterocycles. The molecule has 9 rings (SSSR count). The van der Waals surface area contributed by atoms with Gasteiger partial charge in [-0.25, -0.2) is 0 Å². The molecular formula is C44H34IN. The molecular weight excluding hydrogens is 669 g/mol. The van der Waals surface area contributed by atoms with Gasteiger partial charge in [0.15, 0.2) is 0 Å². The van der Waals surface area contributed by atoms with Crippen molar-refractivity contribution >= 4 is 83.5 Å². The van der Waals surface area contributed by atoms with Crippen molar-refractivity contribution in [2.45, 2.75) is 30.6 Å². The first-order valence-electron chi connectivity index (χ1n) is 16.5. The van der Waals surface area contributed by atoms with E-state index < -0.39 is 0 Å². The minimum Gasteiger partial charge on any atom is -0.308 e. The molecule has 2 aliphatic rings. The van der Waals surface area contributed by atoms with E-state index in [1.54, 1.807) is 0 Å². The first-order chi connectivity index (χ1) is 22.7. The Morgan fingerprint density at radius 1 is 0.717 bits per heavy atom. The van der Waals surface area contributed by atoms with E-state index in [4.69, 9.17) is 0 Å². The number of aromatic nitrogens is 1. The zero-order valence-electron chi connectivity index (χ0n) is 25.9. The summed E-state index contributed by atoms with van der Waals surface area (Å²) in [7, 11) is 0. The highest BCUT2D eigenvalue weighted by atomic mass is 127. The number of hydrogen-bond acceptors (Lipinski definition) is 0. The van der Waals surface area contributed by atoms with Crippen LogP contribution >= 0.6 is 22.6 Å². The normalized spacial score (nSPS) is 16.4. The van der Waals surface area contributed by atoms with Crippen molar-refractivity contribution in [1.82, 2.24) is 4.40 Å². The van der Waals surface area contributed by atoms with Crippen LogP contribution in [0.2, 0.25) is 0 Å². The highest BCUT2D eigenvalue weighted by Gasteiger charge is 2.23. The summed E-state index contributed by atoms with van der Waals surface area (Å²) in [5.41, 5.74) is 14.7. The summed E-state index contributed by atoms with van der Waals surface area (Å²) in [6.07, 6.45) is 13.1. The Morgan fingerprint density at radius 3 is 2.26 bits per heavy atom. The lowest BCUT2D eigenvalue weighted by Crippen LogP contribution is -2.13. The van der Waals surface area contributed by atoms with Crippen molar-refractivity contribution in [3.63, 3.8) is 0 Å². The first-order valence-corrected chi connectivity index (χ1v) is 18.0. The lowest BCUT2D eigenvalue weighted by Gasteiger charge is -2.18. The van der Waals surface area contributed by atoms with Gasteiger partial charge in [0.1, 0.15) is 0 Å². The van der Waals surface area contributed by atoms with Crippen LogP contribution in [0.5, 0.6) is 0 Å². The van der Waals surface area contributed by atoms with E-state index in [1.165, 1.54) is 87.9 Å². The van der Waals surface area contributed by atoms with Gasteiger partial charge in [0, 0.05) is 26.3 Å². The van der Waals surface area contributed by atoms with Crippen LogP contribution in [0.1, 0.15) is 47.6 Å². The topological polar surface area (TPSA) is 4.41 Å². The van der Waals surface area contributed by atoms with E-state index in [9.17, 15) is 0 Å². The quantitative estimate of drug-likeness (QED) is 0.124. The summed E-state index contributed by atoms with van der Waals surface area (Å²) in [5, 5.41) is 6.86. The fourth-order valence-electron chi connectivity index (χ4n) is 8.09. The molecule has 1 nitrogen and oxygen atoms in total. The molecule has 7 aromatic rings. The van der Waals surface area contributed by atoms with Crippen LogP contribution < -0.4 is 5.22 Å². The smallest absolute Gasteiger partial charge is 0.0576 e. The number of allylic oxidation sites excluding steroid dienone is 6. The molecule has 0 radical (unpaired) electrons. The van der Waals surface area contributed by atoms with Gasteiger partial charge < -0.3 is 4.40 Å². The van der Waals surface area contributed by atoms with E-state index in [-0.39, 0.29) is 0 Å². The van der Waals surface area contributed by atoms with E-state index in [0.717, 1.165) is 23.7 Å². The van der Waals surface area contributed by atoms with Crippen LogP contribution in [0.4, 0.5) is 0 Å². The van der Waals surface area contributed by atoms with Crippen molar-refractivity contribution < 1.29 is 0 Å². The molecule has 0 saturated carbocycles. The second-order valence-electron chi connectivity index (χ2n) is 12.7. The zero-order chi connectivity index (χ0) is 30.8. The van der Waals surface area contributed by atoms with Gasteiger partial charge in [-0.2, -0.15) is 0 Å². The number of nitrogens with zero attached hydrogens (tertiary/aromatic N) is 1. The molecule has 1 atom stereocenters. The number of hydrogen-bond donors (Lipinski definition) is 0. The number of pyridine rings is 1. The average Bonchev–Trinajstić information content (AvgIpc) is 3.32. The van der Waals surface area contributed by atoms with Gasteiger partial charge in [-0.3, -0.25) is 0 Å². The summed E-state index contributed by atoms with van der Waals surface area (Å²) >= 11 is 2.49. The summed E-state index contributed by atoms with van der Waals surface area (Å²) < 4.78 is 3.60. The average molecular weight is 704 g/mol. The zero-order valence-corrected chi connectivity index (χ0v) is 28.1. The number of halogens is 1. The van der Waals surface area contributed by atoms with Crippen LogP contribution in [-0.4, -0.2) is 4.40 Å². The van der Waals surface area contributed by atoms with E-state index in [0.29, 0.717) is 5.92 Å². The van der Waals surface area contributed by atoms with Crippen molar-refractivity contribution in [3.05, 3.63) is 160 Å². The number of benzene rings is 5. The molecule has 222 valence electrons. The van der Waals surface area contributed by atoms with Gasteiger partial charge in [-0.15, -0.1) is 0 Å². The van der Waals surface area contributed by atoms with Crippen LogP contribution in [0, 0.1) is 5.92 Å². The van der Waals surface area contributed by atoms with Crippen LogP contribution in [-0.2, 0) is 10.8 Å². The lowest BCUT2D eigenvalue weighted by atomic mass is 9.87. The number of aryl methyl sites for hydroxylation is 1. The Kier molecular flexibility index (Phi) is 6.74. The maximum Gasteiger partial charge on any atom is 0.0576 e. The van der Waals surface area contributed by atoms with Crippen LogP contribution in [0.25, 0.3) is 60.9 Å². The molecule has 46 heavy (non-hydrogen) atoms. The minimum absolute atomic E-state index is 0.318. The molecule has 5 aromatic carbocycles. The second kappa shape index (κ2) is 11.1. The molecule has 0 spiro atoms. The maximum absolute atomic E-state index is 2.57. The summed E-state index contributed by atoms with van der Waals surface area (Å²) in [6.45, 7) is 2.31. The molecule has 2 heteroatoms. The molecule has 2 heterocycles. The van der Waals surface area contributed by atoms with Gasteiger partial charge in [-0.05, 0) is 105 Å². The number of alkyl halides is 1. The predicted molar refractivity (Wildman–Crippen MR) is 206 cm³/mol. The lowest BCUT2D eigenvalue weighted by molar-refractivity contribution is 0.796. The van der Waals surface area contributed by atoms with Gasteiger partial charge in [0.25, 0.3) is 0 Å².